The molecular formula is C19H23NO. The molecule has 1 aliphatic heterocycles. The van der Waals surface area contributed by atoms with Gasteiger partial charge in [0.25, 0.3) is 0 Å². The zero-order valence-electron chi connectivity index (χ0n) is 12.8. The minimum absolute atomic E-state index is 0.679. The van der Waals surface area contributed by atoms with Gasteiger partial charge >= 0.3 is 0 Å². The van der Waals surface area contributed by atoms with Crippen LogP contribution in [0.3, 0.4) is 0 Å². The van der Waals surface area contributed by atoms with Gasteiger partial charge < -0.3 is 10.0 Å². The van der Waals surface area contributed by atoms with Crippen LogP contribution in [0.1, 0.15) is 29.5 Å². The van der Waals surface area contributed by atoms with E-state index in [2.05, 4.69) is 61.2 Å². The molecule has 2 heteroatoms. The quantitative estimate of drug-likeness (QED) is 0.905. The van der Waals surface area contributed by atoms with Gasteiger partial charge in [0, 0.05) is 18.8 Å². The summed E-state index contributed by atoms with van der Waals surface area (Å²) in [6.45, 7) is 5.98. The minimum Gasteiger partial charge on any atom is -0.385 e. The monoisotopic (exact) mass is 281 g/mol. The van der Waals surface area contributed by atoms with Gasteiger partial charge in [0.05, 0.1) is 5.60 Å². The van der Waals surface area contributed by atoms with Crippen molar-refractivity contribution < 1.29 is 5.11 Å². The van der Waals surface area contributed by atoms with E-state index >= 15 is 0 Å². The summed E-state index contributed by atoms with van der Waals surface area (Å²) in [5.74, 6) is 0. The lowest BCUT2D eigenvalue weighted by atomic mass is 9.81. The average molecular weight is 281 g/mol. The number of hydrogen-bond donors (Lipinski definition) is 1. The lowest BCUT2D eigenvalue weighted by Gasteiger charge is -2.40. The van der Waals surface area contributed by atoms with Gasteiger partial charge in [-0.1, -0.05) is 42.0 Å². The van der Waals surface area contributed by atoms with Crippen LogP contribution in [0.15, 0.2) is 48.5 Å². The molecule has 110 valence electrons. The molecule has 0 radical (unpaired) electrons. The summed E-state index contributed by atoms with van der Waals surface area (Å²) in [5.41, 5.74) is 4.09. The number of aryl methyl sites for hydroxylation is 2. The van der Waals surface area contributed by atoms with E-state index in [1.807, 2.05) is 6.07 Å². The standard InChI is InChI=1S/C19H23NO/c1-15-8-9-16(2)18(14-15)19(21)10-12-20(13-11-19)17-6-4-3-5-7-17/h3-9,14,21H,10-13H2,1-2H3. The van der Waals surface area contributed by atoms with Crippen molar-refractivity contribution in [3.63, 3.8) is 0 Å². The van der Waals surface area contributed by atoms with Gasteiger partial charge in [-0.15, -0.1) is 0 Å². The fourth-order valence-electron chi connectivity index (χ4n) is 3.28. The maximum atomic E-state index is 11.1. The maximum Gasteiger partial charge on any atom is 0.0932 e. The molecular weight excluding hydrogens is 258 g/mol. The van der Waals surface area contributed by atoms with Crippen molar-refractivity contribution in [2.75, 3.05) is 18.0 Å². The van der Waals surface area contributed by atoms with Crippen molar-refractivity contribution in [1.82, 2.24) is 0 Å². The number of piperidine rings is 1. The van der Waals surface area contributed by atoms with E-state index in [-0.39, 0.29) is 0 Å². The van der Waals surface area contributed by atoms with E-state index in [0.29, 0.717) is 0 Å². The molecule has 0 aliphatic carbocycles. The van der Waals surface area contributed by atoms with Crippen LogP contribution in [0.4, 0.5) is 5.69 Å². The van der Waals surface area contributed by atoms with Gasteiger partial charge in [0.2, 0.25) is 0 Å². The smallest absolute Gasteiger partial charge is 0.0932 e. The Hall–Kier alpha value is -1.80. The zero-order valence-corrected chi connectivity index (χ0v) is 12.8. The van der Waals surface area contributed by atoms with E-state index in [4.69, 9.17) is 0 Å². The molecule has 0 unspecified atom stereocenters. The first kappa shape index (κ1) is 14.2. The highest BCUT2D eigenvalue weighted by atomic mass is 16.3. The van der Waals surface area contributed by atoms with E-state index in [0.717, 1.165) is 31.5 Å². The largest absolute Gasteiger partial charge is 0.385 e. The number of benzene rings is 2. The van der Waals surface area contributed by atoms with E-state index < -0.39 is 5.60 Å². The molecule has 3 rings (SSSR count). The molecule has 0 saturated carbocycles. The first-order valence-electron chi connectivity index (χ1n) is 7.69. The number of nitrogens with zero attached hydrogens (tertiary/aromatic N) is 1. The minimum atomic E-state index is -0.679. The van der Waals surface area contributed by atoms with Crippen LogP contribution in [0.25, 0.3) is 0 Å². The molecule has 1 fully saturated rings. The maximum absolute atomic E-state index is 11.1. The molecule has 0 atom stereocenters. The van der Waals surface area contributed by atoms with Crippen LogP contribution in [-0.4, -0.2) is 18.2 Å². The molecule has 2 aromatic rings. The second-order valence-corrected chi connectivity index (χ2v) is 6.17. The van der Waals surface area contributed by atoms with Gasteiger partial charge in [-0.05, 0) is 49.9 Å². The predicted molar refractivity (Wildman–Crippen MR) is 87.7 cm³/mol. The molecule has 1 saturated heterocycles. The Morgan fingerprint density at radius 1 is 0.952 bits per heavy atom. The van der Waals surface area contributed by atoms with Crippen LogP contribution in [0, 0.1) is 13.8 Å². The average Bonchev–Trinajstić information content (AvgIpc) is 2.51. The molecule has 2 aromatic carbocycles. The predicted octanol–water partition coefficient (Wildman–Crippen LogP) is 3.79. The number of anilines is 1. The number of para-hydroxylation sites is 1. The van der Waals surface area contributed by atoms with E-state index in [1.54, 1.807) is 0 Å². The SMILES string of the molecule is Cc1ccc(C)c(C2(O)CCN(c3ccccc3)CC2)c1. The second kappa shape index (κ2) is 5.53. The zero-order chi connectivity index (χ0) is 14.9. The van der Waals surface area contributed by atoms with Gasteiger partial charge in [-0.25, -0.2) is 0 Å². The number of hydrogen-bond acceptors (Lipinski definition) is 2. The molecule has 0 aromatic heterocycles. The topological polar surface area (TPSA) is 23.5 Å². The molecule has 21 heavy (non-hydrogen) atoms. The van der Waals surface area contributed by atoms with Crippen LogP contribution >= 0.6 is 0 Å². The molecule has 1 heterocycles. The van der Waals surface area contributed by atoms with Crippen LogP contribution < -0.4 is 4.90 Å². The van der Waals surface area contributed by atoms with Crippen molar-refractivity contribution in [3.8, 4) is 0 Å². The molecule has 0 bridgehead atoms. The molecule has 1 aliphatic rings. The van der Waals surface area contributed by atoms with Crippen LogP contribution in [0.2, 0.25) is 0 Å². The summed E-state index contributed by atoms with van der Waals surface area (Å²) in [5, 5.41) is 11.1. The normalized spacial score (nSPS) is 17.8. The molecule has 1 N–H and O–H groups in total. The summed E-state index contributed by atoms with van der Waals surface area (Å²) in [6, 6.07) is 16.8. The van der Waals surface area contributed by atoms with Gasteiger partial charge in [-0.3, -0.25) is 0 Å². The highest BCUT2D eigenvalue weighted by Crippen LogP contribution is 2.36. The second-order valence-electron chi connectivity index (χ2n) is 6.17. The highest BCUT2D eigenvalue weighted by Gasteiger charge is 2.35. The van der Waals surface area contributed by atoms with Gasteiger partial charge in [0.15, 0.2) is 0 Å². The van der Waals surface area contributed by atoms with Crippen molar-refractivity contribution in [3.05, 3.63) is 65.2 Å². The summed E-state index contributed by atoms with van der Waals surface area (Å²) in [6.07, 6.45) is 1.57. The lowest BCUT2D eigenvalue weighted by molar-refractivity contribution is 0.0111. The summed E-state index contributed by atoms with van der Waals surface area (Å²) in [4.78, 5) is 2.36. The fraction of sp³-hybridized carbons (Fsp3) is 0.368. The van der Waals surface area contributed by atoms with Crippen molar-refractivity contribution in [1.29, 1.82) is 0 Å². The van der Waals surface area contributed by atoms with E-state index in [9.17, 15) is 5.11 Å². The van der Waals surface area contributed by atoms with Crippen LogP contribution in [0.5, 0.6) is 0 Å². The molecule has 0 amide bonds. The lowest BCUT2D eigenvalue weighted by Crippen LogP contribution is -2.43. The Kier molecular flexibility index (Phi) is 3.73. The van der Waals surface area contributed by atoms with Crippen molar-refractivity contribution in [2.45, 2.75) is 32.3 Å². The van der Waals surface area contributed by atoms with Crippen molar-refractivity contribution >= 4 is 5.69 Å². The third kappa shape index (κ3) is 2.81. The first-order valence-corrected chi connectivity index (χ1v) is 7.69. The number of aliphatic hydroxyl groups is 1. The Labute approximate surface area is 127 Å². The van der Waals surface area contributed by atoms with Gasteiger partial charge in [-0.2, -0.15) is 0 Å². The Morgan fingerprint density at radius 3 is 2.29 bits per heavy atom. The Morgan fingerprint density at radius 2 is 1.62 bits per heavy atom. The Balaban J connectivity index is 1.79. The third-order valence-corrected chi connectivity index (χ3v) is 4.61. The molecule has 0 spiro atoms. The van der Waals surface area contributed by atoms with Gasteiger partial charge in [0.1, 0.15) is 0 Å². The number of rotatable bonds is 2. The summed E-state index contributed by atoms with van der Waals surface area (Å²) >= 11 is 0. The summed E-state index contributed by atoms with van der Waals surface area (Å²) in [7, 11) is 0. The summed E-state index contributed by atoms with van der Waals surface area (Å²) < 4.78 is 0. The fourth-order valence-corrected chi connectivity index (χ4v) is 3.28. The van der Waals surface area contributed by atoms with Crippen LogP contribution in [-0.2, 0) is 5.60 Å². The first-order chi connectivity index (χ1) is 10.1. The third-order valence-electron chi connectivity index (χ3n) is 4.61. The van der Waals surface area contributed by atoms with E-state index in [1.165, 1.54) is 16.8 Å². The molecule has 2 nitrogen and oxygen atoms in total. The Bertz CT molecular complexity index is 613. The highest BCUT2D eigenvalue weighted by molar-refractivity contribution is 5.47. The van der Waals surface area contributed by atoms with Crippen molar-refractivity contribution in [2.24, 2.45) is 0 Å².